The predicted molar refractivity (Wildman–Crippen MR) is 70.9 cm³/mol. The molecule has 0 aliphatic carbocycles. The van der Waals surface area contributed by atoms with Crippen LogP contribution in [0.15, 0.2) is 12.7 Å². The van der Waals surface area contributed by atoms with Gasteiger partial charge in [-0.05, 0) is 6.42 Å². The molecule has 20 heavy (non-hydrogen) atoms. The largest absolute Gasteiger partial charge is 0.405 e. The van der Waals surface area contributed by atoms with E-state index in [9.17, 15) is 21.6 Å². The van der Waals surface area contributed by atoms with Crippen LogP contribution in [0, 0.1) is 0 Å². The van der Waals surface area contributed by atoms with E-state index >= 15 is 0 Å². The molecule has 1 aliphatic heterocycles. The molecule has 1 fully saturated rings. The molecule has 118 valence electrons. The van der Waals surface area contributed by atoms with E-state index in [1.807, 2.05) is 4.72 Å². The zero-order valence-corrected chi connectivity index (χ0v) is 11.9. The highest BCUT2D eigenvalue weighted by Crippen LogP contribution is 2.24. The lowest BCUT2D eigenvalue weighted by Crippen LogP contribution is -2.57. The Hall–Kier alpha value is -0.640. The molecule has 1 saturated heterocycles. The maximum absolute atomic E-state index is 13.0. The lowest BCUT2D eigenvalue weighted by Gasteiger charge is -2.35. The molecule has 0 saturated carbocycles. The van der Waals surface area contributed by atoms with Crippen LogP contribution in [0.1, 0.15) is 6.42 Å². The summed E-state index contributed by atoms with van der Waals surface area (Å²) >= 11 is 0. The van der Waals surface area contributed by atoms with Gasteiger partial charge in [-0.25, -0.2) is 13.1 Å². The minimum Gasteiger partial charge on any atom is -0.314 e. The van der Waals surface area contributed by atoms with Crippen molar-refractivity contribution in [3.63, 3.8) is 0 Å². The van der Waals surface area contributed by atoms with Gasteiger partial charge in [0.1, 0.15) is 6.04 Å². The van der Waals surface area contributed by atoms with Crippen LogP contribution in [0.25, 0.3) is 0 Å². The number of halogens is 3. The maximum Gasteiger partial charge on any atom is 0.405 e. The molecule has 0 aromatic rings. The van der Waals surface area contributed by atoms with E-state index in [4.69, 9.17) is 0 Å². The number of alkyl halides is 3. The fraction of sp³-hybridized carbons (Fsp3) is 0.818. The van der Waals surface area contributed by atoms with Crippen molar-refractivity contribution >= 4 is 10.0 Å². The number of sulfonamides is 1. The zero-order valence-electron chi connectivity index (χ0n) is 11.1. The second-order valence-corrected chi connectivity index (χ2v) is 6.51. The normalized spacial score (nSPS) is 19.8. The molecule has 0 bridgehead atoms. The van der Waals surface area contributed by atoms with Crippen LogP contribution in [0.4, 0.5) is 13.2 Å². The molecule has 0 aromatic heterocycles. The first-order chi connectivity index (χ1) is 9.26. The maximum atomic E-state index is 13.0. The Bertz CT molecular complexity index is 406. The van der Waals surface area contributed by atoms with E-state index in [1.165, 1.54) is 11.0 Å². The number of piperazine rings is 1. The van der Waals surface area contributed by atoms with Gasteiger partial charge in [0, 0.05) is 32.7 Å². The lowest BCUT2D eigenvalue weighted by molar-refractivity contribution is -0.182. The van der Waals surface area contributed by atoms with Gasteiger partial charge in [-0.3, -0.25) is 4.90 Å². The molecule has 1 heterocycles. The van der Waals surface area contributed by atoms with Crippen LogP contribution in [0.5, 0.6) is 0 Å². The van der Waals surface area contributed by atoms with Gasteiger partial charge in [0.15, 0.2) is 0 Å². The number of rotatable bonds is 7. The van der Waals surface area contributed by atoms with E-state index < -0.39 is 28.8 Å². The molecular formula is C11H20F3N3O2S. The average Bonchev–Trinajstić information content (AvgIpc) is 2.36. The molecule has 0 spiro atoms. The van der Waals surface area contributed by atoms with Crippen molar-refractivity contribution in [1.29, 1.82) is 0 Å². The molecule has 1 rings (SSSR count). The monoisotopic (exact) mass is 315 g/mol. The van der Waals surface area contributed by atoms with Gasteiger partial charge in [0.2, 0.25) is 10.0 Å². The van der Waals surface area contributed by atoms with Crippen LogP contribution in [0.2, 0.25) is 0 Å². The molecular weight excluding hydrogens is 295 g/mol. The first kappa shape index (κ1) is 17.4. The fourth-order valence-electron chi connectivity index (χ4n) is 1.96. The summed E-state index contributed by atoms with van der Waals surface area (Å²) < 4.78 is 64.2. The predicted octanol–water partition coefficient (Wildman–Crippen LogP) is 0.318. The van der Waals surface area contributed by atoms with Gasteiger partial charge in [0.05, 0.1) is 5.75 Å². The Morgan fingerprint density at radius 1 is 1.35 bits per heavy atom. The lowest BCUT2D eigenvalue weighted by atomic mass is 10.2. The average molecular weight is 315 g/mol. The molecule has 1 unspecified atom stereocenters. The zero-order chi connectivity index (χ0) is 15.2. The van der Waals surface area contributed by atoms with Crippen molar-refractivity contribution in [1.82, 2.24) is 14.9 Å². The van der Waals surface area contributed by atoms with Crippen molar-refractivity contribution in [3.8, 4) is 0 Å². The molecule has 2 N–H and O–H groups in total. The van der Waals surface area contributed by atoms with Crippen LogP contribution >= 0.6 is 0 Å². The summed E-state index contributed by atoms with van der Waals surface area (Å²) in [5, 5.41) is 2.96. The molecule has 0 amide bonds. The quantitative estimate of drug-likeness (QED) is 0.664. The first-order valence-electron chi connectivity index (χ1n) is 6.36. The van der Waals surface area contributed by atoms with Crippen LogP contribution < -0.4 is 10.0 Å². The Labute approximate surface area is 117 Å². The smallest absolute Gasteiger partial charge is 0.314 e. The standard InChI is InChI=1S/C11H20F3N3O2S/c1-2-3-8-20(18,19)16-9-10(11(12,13)14)17-6-4-15-5-7-17/h2,10,15-16H,1,3-9H2. The number of nitrogens with one attached hydrogen (secondary N) is 2. The van der Waals surface area contributed by atoms with Crippen molar-refractivity contribution < 1.29 is 21.6 Å². The SMILES string of the molecule is C=CCCS(=O)(=O)NCC(N1CCNCC1)C(F)(F)F. The van der Waals surface area contributed by atoms with Gasteiger partial charge in [-0.1, -0.05) is 6.08 Å². The molecule has 1 aliphatic rings. The number of nitrogens with zero attached hydrogens (tertiary/aromatic N) is 1. The van der Waals surface area contributed by atoms with E-state index in [0.717, 1.165) is 0 Å². The first-order valence-corrected chi connectivity index (χ1v) is 8.01. The van der Waals surface area contributed by atoms with Crippen molar-refractivity contribution in [2.45, 2.75) is 18.6 Å². The summed E-state index contributed by atoms with van der Waals surface area (Å²) in [5.41, 5.74) is 0. The van der Waals surface area contributed by atoms with E-state index in [2.05, 4.69) is 11.9 Å². The molecule has 9 heteroatoms. The third-order valence-corrected chi connectivity index (χ3v) is 4.44. The van der Waals surface area contributed by atoms with Crippen LogP contribution in [0.3, 0.4) is 0 Å². The van der Waals surface area contributed by atoms with Crippen molar-refractivity contribution in [2.75, 3.05) is 38.5 Å². The summed E-state index contributed by atoms with van der Waals surface area (Å²) in [6.07, 6.45) is -2.84. The Morgan fingerprint density at radius 2 is 1.95 bits per heavy atom. The molecule has 0 aromatic carbocycles. The van der Waals surface area contributed by atoms with Gasteiger partial charge in [0.25, 0.3) is 0 Å². The number of hydrogen-bond acceptors (Lipinski definition) is 4. The van der Waals surface area contributed by atoms with E-state index in [1.54, 1.807) is 0 Å². The summed E-state index contributed by atoms with van der Waals surface area (Å²) in [7, 11) is -3.70. The molecule has 5 nitrogen and oxygen atoms in total. The second-order valence-electron chi connectivity index (χ2n) is 4.59. The summed E-state index contributed by atoms with van der Waals surface area (Å²) in [4.78, 5) is 1.26. The van der Waals surface area contributed by atoms with E-state index in [-0.39, 0.29) is 25.3 Å². The van der Waals surface area contributed by atoms with Gasteiger partial charge >= 0.3 is 6.18 Å². The fourth-order valence-corrected chi connectivity index (χ4v) is 3.00. The Morgan fingerprint density at radius 3 is 2.45 bits per heavy atom. The Kier molecular flexibility index (Phi) is 6.44. The number of allylic oxidation sites excluding steroid dienone is 1. The highest BCUT2D eigenvalue weighted by atomic mass is 32.2. The third-order valence-electron chi connectivity index (χ3n) is 3.06. The minimum absolute atomic E-state index is 0.208. The highest BCUT2D eigenvalue weighted by Gasteiger charge is 2.44. The van der Waals surface area contributed by atoms with E-state index in [0.29, 0.717) is 13.1 Å². The molecule has 1 atom stereocenters. The molecule has 0 radical (unpaired) electrons. The minimum atomic E-state index is -4.46. The second kappa shape index (κ2) is 7.39. The summed E-state index contributed by atoms with van der Waals surface area (Å²) in [5.74, 6) is -0.247. The van der Waals surface area contributed by atoms with Crippen LogP contribution in [-0.2, 0) is 10.0 Å². The third kappa shape index (κ3) is 5.78. The Balaban J connectivity index is 2.63. The topological polar surface area (TPSA) is 61.4 Å². The van der Waals surface area contributed by atoms with Crippen molar-refractivity contribution in [3.05, 3.63) is 12.7 Å². The highest BCUT2D eigenvalue weighted by molar-refractivity contribution is 7.89. The summed E-state index contributed by atoms with van der Waals surface area (Å²) in [6.45, 7) is 4.17. The van der Waals surface area contributed by atoms with Gasteiger partial charge in [-0.2, -0.15) is 13.2 Å². The van der Waals surface area contributed by atoms with Gasteiger partial charge < -0.3 is 5.32 Å². The van der Waals surface area contributed by atoms with Crippen LogP contribution in [-0.4, -0.2) is 64.0 Å². The van der Waals surface area contributed by atoms with Crippen molar-refractivity contribution in [2.24, 2.45) is 0 Å². The number of hydrogen-bond donors (Lipinski definition) is 2. The summed E-state index contributed by atoms with van der Waals surface area (Å²) in [6, 6.07) is -1.79. The van der Waals surface area contributed by atoms with Gasteiger partial charge in [-0.15, -0.1) is 6.58 Å².